The van der Waals surface area contributed by atoms with Gasteiger partial charge in [-0.3, -0.25) is 14.4 Å². The Kier molecular flexibility index (Phi) is 6.01. The molecule has 0 bridgehead atoms. The van der Waals surface area contributed by atoms with Crippen LogP contribution in [0.15, 0.2) is 48.5 Å². The van der Waals surface area contributed by atoms with Gasteiger partial charge in [0, 0.05) is 12.1 Å². The van der Waals surface area contributed by atoms with E-state index in [4.69, 9.17) is 0 Å². The van der Waals surface area contributed by atoms with E-state index in [2.05, 4.69) is 12.2 Å². The minimum absolute atomic E-state index is 0.0500. The Labute approximate surface area is 159 Å². The highest BCUT2D eigenvalue weighted by Crippen LogP contribution is 2.29. The van der Waals surface area contributed by atoms with Crippen molar-refractivity contribution in [2.24, 2.45) is 0 Å². The maximum absolute atomic E-state index is 12.6. The van der Waals surface area contributed by atoms with Gasteiger partial charge in [0.05, 0.1) is 16.8 Å². The zero-order chi connectivity index (χ0) is 19.2. The van der Waals surface area contributed by atoms with Crippen LogP contribution in [-0.2, 0) is 4.79 Å². The van der Waals surface area contributed by atoms with Gasteiger partial charge in [0.15, 0.2) is 0 Å². The summed E-state index contributed by atoms with van der Waals surface area (Å²) in [6, 6.07) is 13.6. The predicted octanol–water partition coefficient (Wildman–Crippen LogP) is 4.79. The molecule has 0 fully saturated rings. The van der Waals surface area contributed by atoms with Crippen molar-refractivity contribution in [3.05, 3.63) is 59.7 Å². The van der Waals surface area contributed by atoms with E-state index >= 15 is 0 Å². The Morgan fingerprint density at radius 2 is 1.56 bits per heavy atom. The van der Waals surface area contributed by atoms with E-state index in [1.54, 1.807) is 48.5 Å². The largest absolute Gasteiger partial charge is 0.326 e. The van der Waals surface area contributed by atoms with Crippen LogP contribution in [0.2, 0.25) is 0 Å². The number of nitrogens with one attached hydrogen (secondary N) is 1. The molecule has 1 N–H and O–H groups in total. The molecule has 0 saturated heterocycles. The molecule has 2 aromatic carbocycles. The molecule has 5 heteroatoms. The quantitative estimate of drug-likeness (QED) is 0.541. The summed E-state index contributed by atoms with van der Waals surface area (Å²) < 4.78 is 0. The van der Waals surface area contributed by atoms with Gasteiger partial charge >= 0.3 is 0 Å². The summed E-state index contributed by atoms with van der Waals surface area (Å²) in [5, 5.41) is 2.86. The summed E-state index contributed by atoms with van der Waals surface area (Å²) in [5.41, 5.74) is 1.86. The van der Waals surface area contributed by atoms with Crippen LogP contribution < -0.4 is 10.2 Å². The molecule has 0 radical (unpaired) electrons. The number of benzene rings is 2. The first-order valence-corrected chi connectivity index (χ1v) is 9.49. The molecule has 27 heavy (non-hydrogen) atoms. The van der Waals surface area contributed by atoms with Crippen molar-refractivity contribution in [1.82, 2.24) is 0 Å². The van der Waals surface area contributed by atoms with Gasteiger partial charge in [0.25, 0.3) is 11.8 Å². The third kappa shape index (κ3) is 4.25. The first kappa shape index (κ1) is 18.8. The molecule has 0 saturated carbocycles. The Morgan fingerprint density at radius 3 is 2.22 bits per heavy atom. The van der Waals surface area contributed by atoms with Gasteiger partial charge in [0.1, 0.15) is 0 Å². The number of unbranched alkanes of at least 4 members (excludes halogenated alkanes) is 4. The number of carbonyl (C=O) groups excluding carboxylic acids is 3. The van der Waals surface area contributed by atoms with Crippen molar-refractivity contribution in [3.8, 4) is 0 Å². The van der Waals surface area contributed by atoms with Crippen LogP contribution in [0, 0.1) is 0 Å². The van der Waals surface area contributed by atoms with Crippen molar-refractivity contribution in [3.63, 3.8) is 0 Å². The Bertz CT molecular complexity index is 825. The minimum atomic E-state index is -0.338. The normalized spacial score (nSPS) is 13.0. The highest BCUT2D eigenvalue weighted by molar-refractivity contribution is 6.34. The molecule has 5 nitrogen and oxygen atoms in total. The molecule has 3 amide bonds. The van der Waals surface area contributed by atoms with Crippen molar-refractivity contribution in [2.75, 3.05) is 10.2 Å². The zero-order valence-corrected chi connectivity index (χ0v) is 15.5. The summed E-state index contributed by atoms with van der Waals surface area (Å²) in [7, 11) is 0. The lowest BCUT2D eigenvalue weighted by molar-refractivity contribution is -0.116. The van der Waals surface area contributed by atoms with Crippen LogP contribution in [0.5, 0.6) is 0 Å². The van der Waals surface area contributed by atoms with Crippen molar-refractivity contribution in [2.45, 2.75) is 45.4 Å². The molecule has 2 aromatic rings. The number of imide groups is 1. The van der Waals surface area contributed by atoms with Crippen molar-refractivity contribution in [1.29, 1.82) is 0 Å². The zero-order valence-electron chi connectivity index (χ0n) is 15.5. The Balaban J connectivity index is 1.65. The third-order valence-corrected chi connectivity index (χ3v) is 4.69. The van der Waals surface area contributed by atoms with E-state index in [9.17, 15) is 14.4 Å². The number of anilines is 2. The van der Waals surface area contributed by atoms with Gasteiger partial charge in [-0.05, 0) is 36.8 Å². The molecule has 0 unspecified atom stereocenters. The second kappa shape index (κ2) is 8.62. The molecule has 0 aromatic heterocycles. The van der Waals surface area contributed by atoms with Crippen LogP contribution in [0.25, 0.3) is 0 Å². The average molecular weight is 364 g/mol. The van der Waals surface area contributed by atoms with Crippen LogP contribution in [-0.4, -0.2) is 17.7 Å². The summed E-state index contributed by atoms with van der Waals surface area (Å²) in [6.45, 7) is 2.16. The molecule has 140 valence electrons. The Morgan fingerprint density at radius 1 is 0.889 bits per heavy atom. The lowest BCUT2D eigenvalue weighted by Crippen LogP contribution is -2.29. The van der Waals surface area contributed by atoms with Gasteiger partial charge < -0.3 is 5.32 Å². The van der Waals surface area contributed by atoms with E-state index in [1.165, 1.54) is 12.8 Å². The molecule has 0 atom stereocenters. The third-order valence-electron chi connectivity index (χ3n) is 4.69. The minimum Gasteiger partial charge on any atom is -0.326 e. The molecule has 1 aliphatic rings. The SMILES string of the molecule is CCCCCCCC(=O)Nc1cccc(N2C(=O)c3ccccc3C2=O)c1. The predicted molar refractivity (Wildman–Crippen MR) is 106 cm³/mol. The fourth-order valence-corrected chi connectivity index (χ4v) is 3.26. The van der Waals surface area contributed by atoms with Gasteiger partial charge in [-0.25, -0.2) is 4.90 Å². The lowest BCUT2D eigenvalue weighted by Gasteiger charge is -2.15. The average Bonchev–Trinajstić information content (AvgIpc) is 2.93. The number of hydrogen-bond acceptors (Lipinski definition) is 3. The monoisotopic (exact) mass is 364 g/mol. The number of rotatable bonds is 8. The first-order chi connectivity index (χ1) is 13.1. The summed E-state index contributed by atoms with van der Waals surface area (Å²) in [6.07, 6.45) is 5.92. The number of hydrogen-bond donors (Lipinski definition) is 1. The van der Waals surface area contributed by atoms with Crippen LogP contribution in [0.1, 0.15) is 66.2 Å². The number of carbonyl (C=O) groups is 3. The molecular formula is C22H24N2O3. The molecule has 1 aliphatic heterocycles. The van der Waals surface area contributed by atoms with Crippen LogP contribution >= 0.6 is 0 Å². The first-order valence-electron chi connectivity index (χ1n) is 9.49. The maximum Gasteiger partial charge on any atom is 0.266 e. The van der Waals surface area contributed by atoms with E-state index in [-0.39, 0.29) is 17.7 Å². The topological polar surface area (TPSA) is 66.5 Å². The highest BCUT2D eigenvalue weighted by Gasteiger charge is 2.36. The molecular weight excluding hydrogens is 340 g/mol. The van der Waals surface area contributed by atoms with E-state index in [1.807, 2.05) is 0 Å². The van der Waals surface area contributed by atoms with Gasteiger partial charge in [-0.1, -0.05) is 50.8 Å². The van der Waals surface area contributed by atoms with E-state index in [0.29, 0.717) is 28.9 Å². The molecule has 1 heterocycles. The van der Waals surface area contributed by atoms with Crippen LogP contribution in [0.3, 0.4) is 0 Å². The second-order valence-corrected chi connectivity index (χ2v) is 6.75. The highest BCUT2D eigenvalue weighted by atomic mass is 16.2. The maximum atomic E-state index is 12.6. The number of fused-ring (bicyclic) bond motifs is 1. The number of amides is 3. The lowest BCUT2D eigenvalue weighted by atomic mass is 10.1. The van der Waals surface area contributed by atoms with Gasteiger partial charge in [-0.15, -0.1) is 0 Å². The standard InChI is InChI=1S/C22H24N2O3/c1-2-3-4-5-6-14-20(25)23-16-10-9-11-17(15-16)24-21(26)18-12-7-8-13-19(18)22(24)27/h7-13,15H,2-6,14H2,1H3,(H,23,25). The summed E-state index contributed by atoms with van der Waals surface area (Å²) in [4.78, 5) is 38.5. The summed E-state index contributed by atoms with van der Waals surface area (Å²) in [5.74, 6) is -0.726. The van der Waals surface area contributed by atoms with E-state index < -0.39 is 0 Å². The summed E-state index contributed by atoms with van der Waals surface area (Å²) >= 11 is 0. The molecule has 3 rings (SSSR count). The van der Waals surface area contributed by atoms with Gasteiger partial charge in [0.2, 0.25) is 5.91 Å². The van der Waals surface area contributed by atoms with Gasteiger partial charge in [-0.2, -0.15) is 0 Å². The Hall–Kier alpha value is -2.95. The van der Waals surface area contributed by atoms with Crippen molar-refractivity contribution >= 4 is 29.1 Å². The van der Waals surface area contributed by atoms with Crippen LogP contribution in [0.4, 0.5) is 11.4 Å². The molecule has 0 aliphatic carbocycles. The second-order valence-electron chi connectivity index (χ2n) is 6.75. The smallest absolute Gasteiger partial charge is 0.266 e. The number of nitrogens with zero attached hydrogens (tertiary/aromatic N) is 1. The molecule has 0 spiro atoms. The van der Waals surface area contributed by atoms with Crippen molar-refractivity contribution < 1.29 is 14.4 Å². The fraction of sp³-hybridized carbons (Fsp3) is 0.318. The van der Waals surface area contributed by atoms with E-state index in [0.717, 1.165) is 24.2 Å². The fourth-order valence-electron chi connectivity index (χ4n) is 3.26.